The molecule has 1 aromatic heterocycles. The molecule has 0 amide bonds. The van der Waals surface area contributed by atoms with E-state index in [9.17, 15) is 5.11 Å². The summed E-state index contributed by atoms with van der Waals surface area (Å²) in [6.07, 6.45) is 0. The fourth-order valence-corrected chi connectivity index (χ4v) is 2.40. The van der Waals surface area contributed by atoms with Gasteiger partial charge in [-0.1, -0.05) is 13.8 Å². The third-order valence-corrected chi connectivity index (χ3v) is 3.60. The fraction of sp³-hybridized carbons (Fsp3) is 0.600. The Kier molecular flexibility index (Phi) is 3.11. The summed E-state index contributed by atoms with van der Waals surface area (Å²) in [5.74, 6) is 0.149. The van der Waals surface area contributed by atoms with Crippen molar-refractivity contribution in [3.8, 4) is 0 Å². The van der Waals surface area contributed by atoms with Crippen LogP contribution in [-0.2, 0) is 5.60 Å². The number of aryl methyl sites for hydroxylation is 1. The van der Waals surface area contributed by atoms with Gasteiger partial charge in [0.2, 0.25) is 0 Å². The maximum atomic E-state index is 10.3. The molecule has 0 aromatic carbocycles. The molecule has 1 unspecified atom stereocenters. The summed E-state index contributed by atoms with van der Waals surface area (Å²) >= 11 is 1.62. The normalized spacial score (nSPS) is 16.2. The van der Waals surface area contributed by atoms with Gasteiger partial charge in [0.25, 0.3) is 0 Å². The van der Waals surface area contributed by atoms with Crippen molar-refractivity contribution in [3.63, 3.8) is 0 Å². The molecule has 74 valence electrons. The minimum Gasteiger partial charge on any atom is -0.383 e. The second-order valence-corrected chi connectivity index (χ2v) is 4.98. The van der Waals surface area contributed by atoms with Crippen molar-refractivity contribution in [1.29, 1.82) is 0 Å². The smallest absolute Gasteiger partial charge is 0.113 e. The van der Waals surface area contributed by atoms with E-state index < -0.39 is 5.60 Å². The molecule has 0 fully saturated rings. The minimum absolute atomic E-state index is 0.149. The van der Waals surface area contributed by atoms with Gasteiger partial charge < -0.3 is 10.8 Å². The first-order valence-corrected chi connectivity index (χ1v) is 5.31. The average Bonchev–Trinajstić information content (AvgIpc) is 2.50. The van der Waals surface area contributed by atoms with Crippen molar-refractivity contribution in [2.45, 2.75) is 26.4 Å². The van der Waals surface area contributed by atoms with Crippen LogP contribution in [0.1, 0.15) is 23.6 Å². The predicted molar refractivity (Wildman–Crippen MR) is 56.8 cm³/mol. The zero-order valence-electron chi connectivity index (χ0n) is 8.37. The van der Waals surface area contributed by atoms with Crippen molar-refractivity contribution >= 4 is 11.3 Å². The molecule has 13 heavy (non-hydrogen) atoms. The molecule has 0 saturated heterocycles. The molecule has 1 aromatic rings. The molecule has 0 aliphatic heterocycles. The fourth-order valence-electron chi connectivity index (χ4n) is 1.29. The zero-order valence-corrected chi connectivity index (χ0v) is 9.19. The molecule has 0 saturated carbocycles. The summed E-state index contributed by atoms with van der Waals surface area (Å²) in [5.41, 5.74) is 4.76. The number of hydrogen-bond acceptors (Lipinski definition) is 3. The highest BCUT2D eigenvalue weighted by Gasteiger charge is 2.32. The molecule has 2 nitrogen and oxygen atoms in total. The number of hydrogen-bond donors (Lipinski definition) is 2. The molecule has 1 atom stereocenters. The van der Waals surface area contributed by atoms with Gasteiger partial charge in [0.15, 0.2) is 0 Å². The number of rotatable bonds is 3. The van der Waals surface area contributed by atoms with Gasteiger partial charge in [0.05, 0.1) is 0 Å². The van der Waals surface area contributed by atoms with E-state index in [4.69, 9.17) is 5.73 Å². The van der Waals surface area contributed by atoms with Crippen molar-refractivity contribution in [1.82, 2.24) is 0 Å². The molecule has 0 aliphatic rings. The summed E-state index contributed by atoms with van der Waals surface area (Å²) in [6.45, 7) is 6.29. The van der Waals surface area contributed by atoms with Gasteiger partial charge in [-0.15, -0.1) is 11.3 Å². The van der Waals surface area contributed by atoms with Crippen LogP contribution in [0.25, 0.3) is 0 Å². The summed E-state index contributed by atoms with van der Waals surface area (Å²) < 4.78 is 0. The van der Waals surface area contributed by atoms with E-state index in [0.29, 0.717) is 0 Å². The average molecular weight is 199 g/mol. The van der Waals surface area contributed by atoms with Gasteiger partial charge in [0.1, 0.15) is 5.60 Å². The first-order chi connectivity index (χ1) is 6.00. The standard InChI is InChI=1S/C10H17NOS/c1-7(2)10(12,6-11)9-5-4-8(3)13-9/h4-5,7,12H,6,11H2,1-3H3. The summed E-state index contributed by atoms with van der Waals surface area (Å²) in [4.78, 5) is 2.19. The van der Waals surface area contributed by atoms with Crippen LogP contribution < -0.4 is 5.73 Å². The van der Waals surface area contributed by atoms with E-state index in [1.165, 1.54) is 4.88 Å². The topological polar surface area (TPSA) is 46.2 Å². The highest BCUT2D eigenvalue weighted by atomic mass is 32.1. The first-order valence-electron chi connectivity index (χ1n) is 4.50. The Morgan fingerprint density at radius 1 is 1.54 bits per heavy atom. The second kappa shape index (κ2) is 3.78. The van der Waals surface area contributed by atoms with Crippen LogP contribution >= 0.6 is 11.3 Å². The highest BCUT2D eigenvalue weighted by Crippen LogP contribution is 2.33. The van der Waals surface area contributed by atoms with Crippen LogP contribution in [0.15, 0.2) is 12.1 Å². The lowest BCUT2D eigenvalue weighted by Gasteiger charge is -2.29. The first kappa shape index (κ1) is 10.7. The monoisotopic (exact) mass is 199 g/mol. The number of thiophene rings is 1. The van der Waals surface area contributed by atoms with Crippen LogP contribution in [0.2, 0.25) is 0 Å². The van der Waals surface area contributed by atoms with E-state index in [1.807, 2.05) is 32.9 Å². The van der Waals surface area contributed by atoms with Crippen molar-refractivity contribution in [2.75, 3.05) is 6.54 Å². The summed E-state index contributed by atoms with van der Waals surface area (Å²) in [5, 5.41) is 10.3. The quantitative estimate of drug-likeness (QED) is 0.780. The maximum absolute atomic E-state index is 10.3. The van der Waals surface area contributed by atoms with Gasteiger partial charge in [-0.05, 0) is 25.0 Å². The predicted octanol–water partition coefficient (Wildman–Crippen LogP) is 1.86. The third-order valence-electron chi connectivity index (χ3n) is 2.43. The lowest BCUT2D eigenvalue weighted by atomic mass is 9.89. The largest absolute Gasteiger partial charge is 0.383 e. The van der Waals surface area contributed by atoms with Crippen LogP contribution in [0, 0.1) is 12.8 Å². The SMILES string of the molecule is Cc1ccc(C(O)(CN)C(C)C)s1. The molecule has 3 N–H and O–H groups in total. The Labute approximate surface area is 83.4 Å². The molecular weight excluding hydrogens is 182 g/mol. The zero-order chi connectivity index (χ0) is 10.1. The van der Waals surface area contributed by atoms with E-state index in [-0.39, 0.29) is 12.5 Å². The maximum Gasteiger partial charge on any atom is 0.113 e. The molecule has 0 spiro atoms. The van der Waals surface area contributed by atoms with Crippen molar-refractivity contribution in [3.05, 3.63) is 21.9 Å². The van der Waals surface area contributed by atoms with E-state index in [1.54, 1.807) is 11.3 Å². The van der Waals surface area contributed by atoms with Crippen LogP contribution in [0.4, 0.5) is 0 Å². The molecule has 0 aliphatic carbocycles. The van der Waals surface area contributed by atoms with Gasteiger partial charge in [-0.25, -0.2) is 0 Å². The van der Waals surface area contributed by atoms with Crippen molar-refractivity contribution in [2.24, 2.45) is 11.7 Å². The lowest BCUT2D eigenvalue weighted by molar-refractivity contribution is 0.00239. The van der Waals surface area contributed by atoms with Crippen LogP contribution in [-0.4, -0.2) is 11.7 Å². The molecule has 1 heterocycles. The van der Waals surface area contributed by atoms with Gasteiger partial charge in [-0.2, -0.15) is 0 Å². The highest BCUT2D eigenvalue weighted by molar-refractivity contribution is 7.12. The second-order valence-electron chi connectivity index (χ2n) is 3.69. The van der Waals surface area contributed by atoms with Crippen LogP contribution in [0.5, 0.6) is 0 Å². The molecule has 1 rings (SSSR count). The molecule has 0 radical (unpaired) electrons. The Morgan fingerprint density at radius 2 is 2.15 bits per heavy atom. The third kappa shape index (κ3) is 1.93. The minimum atomic E-state index is -0.848. The van der Waals surface area contributed by atoms with E-state index >= 15 is 0 Å². The Balaban J connectivity index is 3.02. The number of nitrogens with two attached hydrogens (primary N) is 1. The number of aliphatic hydroxyl groups is 1. The summed E-state index contributed by atoms with van der Waals surface area (Å²) in [7, 11) is 0. The van der Waals surface area contributed by atoms with Gasteiger partial charge >= 0.3 is 0 Å². The van der Waals surface area contributed by atoms with Gasteiger partial charge in [-0.3, -0.25) is 0 Å². The van der Waals surface area contributed by atoms with E-state index in [0.717, 1.165) is 4.88 Å². The molecular formula is C10H17NOS. The van der Waals surface area contributed by atoms with E-state index in [2.05, 4.69) is 0 Å². The summed E-state index contributed by atoms with van der Waals surface area (Å²) in [6, 6.07) is 3.98. The van der Waals surface area contributed by atoms with Crippen LogP contribution in [0.3, 0.4) is 0 Å². The van der Waals surface area contributed by atoms with Crippen molar-refractivity contribution < 1.29 is 5.11 Å². The van der Waals surface area contributed by atoms with Gasteiger partial charge in [0, 0.05) is 16.3 Å². The Bertz CT molecular complexity index is 282. The molecule has 3 heteroatoms. The molecule has 0 bridgehead atoms. The Morgan fingerprint density at radius 3 is 2.46 bits per heavy atom. The lowest BCUT2D eigenvalue weighted by Crippen LogP contribution is -2.39. The Hall–Kier alpha value is -0.380.